The lowest BCUT2D eigenvalue weighted by atomic mass is 10.2. The third kappa shape index (κ3) is 2.32. The molecule has 1 heterocycles. The zero-order valence-corrected chi connectivity index (χ0v) is 9.65. The molecule has 0 spiro atoms. The fraction of sp³-hybridized carbons (Fsp3) is 0.222. The molecule has 0 fully saturated rings. The van der Waals surface area contributed by atoms with Crippen LogP contribution in [-0.4, -0.2) is 31.9 Å². The molecule has 2 aromatic rings. The van der Waals surface area contributed by atoms with Crippen LogP contribution in [0.5, 0.6) is 0 Å². The molecule has 0 saturated carbocycles. The molecule has 0 aliphatic heterocycles. The van der Waals surface area contributed by atoms with Crippen molar-refractivity contribution in [2.24, 2.45) is 0 Å². The molecule has 1 aromatic heterocycles. The minimum Gasteiger partial charge on any atom is -0.394 e. The van der Waals surface area contributed by atoms with Crippen LogP contribution in [0.3, 0.4) is 0 Å². The van der Waals surface area contributed by atoms with Crippen molar-refractivity contribution in [1.29, 1.82) is 0 Å². The molecule has 0 saturated heterocycles. The van der Waals surface area contributed by atoms with Gasteiger partial charge >= 0.3 is 0 Å². The average molecular weight is 259 g/mol. The van der Waals surface area contributed by atoms with Crippen LogP contribution < -0.4 is 0 Å². The van der Waals surface area contributed by atoms with E-state index >= 15 is 0 Å². The van der Waals surface area contributed by atoms with Gasteiger partial charge in [-0.25, -0.2) is 0 Å². The molecule has 5 nitrogen and oxygen atoms in total. The Morgan fingerprint density at radius 3 is 2.81 bits per heavy atom. The van der Waals surface area contributed by atoms with Gasteiger partial charge in [0.25, 0.3) is 0 Å². The van der Waals surface area contributed by atoms with E-state index in [4.69, 9.17) is 28.3 Å². The molecule has 1 N–H and O–H groups in total. The third-order valence-electron chi connectivity index (χ3n) is 1.92. The molecule has 0 aliphatic carbocycles. The van der Waals surface area contributed by atoms with Crippen LogP contribution in [0.2, 0.25) is 10.0 Å². The van der Waals surface area contributed by atoms with Gasteiger partial charge in [0.05, 0.1) is 18.2 Å². The molecule has 1 aromatic carbocycles. The maximum Gasteiger partial charge on any atom is 0.206 e. The van der Waals surface area contributed by atoms with E-state index in [1.165, 1.54) is 4.80 Å². The van der Waals surface area contributed by atoms with Crippen molar-refractivity contribution in [1.82, 2.24) is 20.2 Å². The van der Waals surface area contributed by atoms with E-state index in [1.807, 2.05) is 0 Å². The summed E-state index contributed by atoms with van der Waals surface area (Å²) in [4.78, 5) is 1.31. The standard InChI is InChI=1S/C9H8Cl2N4O/c10-6-1-2-7(8(11)5-6)9-12-14-15(13-9)3-4-16/h1-2,5,16H,3-4H2. The number of aliphatic hydroxyl groups is 1. The van der Waals surface area contributed by atoms with E-state index in [1.54, 1.807) is 18.2 Å². The zero-order chi connectivity index (χ0) is 11.5. The van der Waals surface area contributed by atoms with Crippen molar-refractivity contribution in [3.8, 4) is 11.4 Å². The molecule has 0 aliphatic rings. The van der Waals surface area contributed by atoms with Gasteiger partial charge in [-0.15, -0.1) is 10.2 Å². The van der Waals surface area contributed by atoms with E-state index in [9.17, 15) is 0 Å². The summed E-state index contributed by atoms with van der Waals surface area (Å²) < 4.78 is 0. The van der Waals surface area contributed by atoms with Gasteiger partial charge in [0, 0.05) is 10.6 Å². The smallest absolute Gasteiger partial charge is 0.206 e. The van der Waals surface area contributed by atoms with Crippen LogP contribution in [0.25, 0.3) is 11.4 Å². The summed E-state index contributed by atoms with van der Waals surface area (Å²) >= 11 is 11.8. The highest BCUT2D eigenvalue weighted by Crippen LogP contribution is 2.27. The molecule has 84 valence electrons. The number of halogens is 2. The van der Waals surface area contributed by atoms with Gasteiger partial charge in [0.1, 0.15) is 0 Å². The molecular formula is C9H8Cl2N4O. The Bertz CT molecular complexity index is 500. The molecule has 16 heavy (non-hydrogen) atoms. The second kappa shape index (κ2) is 4.78. The van der Waals surface area contributed by atoms with Crippen molar-refractivity contribution >= 4 is 23.2 Å². The fourth-order valence-corrected chi connectivity index (χ4v) is 1.70. The predicted octanol–water partition coefficient (Wildman–Crippen LogP) is 1.64. The van der Waals surface area contributed by atoms with E-state index in [0.29, 0.717) is 28.0 Å². The van der Waals surface area contributed by atoms with Crippen LogP contribution in [0.15, 0.2) is 18.2 Å². The minimum absolute atomic E-state index is 0.0375. The number of aliphatic hydroxyl groups excluding tert-OH is 1. The first-order valence-electron chi connectivity index (χ1n) is 4.55. The Balaban J connectivity index is 2.35. The number of tetrazole rings is 1. The quantitative estimate of drug-likeness (QED) is 0.910. The number of nitrogens with zero attached hydrogens (tertiary/aromatic N) is 4. The predicted molar refractivity (Wildman–Crippen MR) is 60.4 cm³/mol. The SMILES string of the molecule is OCCn1nnc(-c2ccc(Cl)cc2Cl)n1. The maximum atomic E-state index is 8.72. The first-order valence-corrected chi connectivity index (χ1v) is 5.30. The summed E-state index contributed by atoms with van der Waals surface area (Å²) in [6.45, 7) is 0.266. The topological polar surface area (TPSA) is 63.8 Å². The van der Waals surface area contributed by atoms with Crippen LogP contribution >= 0.6 is 23.2 Å². The average Bonchev–Trinajstić information content (AvgIpc) is 2.67. The van der Waals surface area contributed by atoms with Crippen LogP contribution in [0.4, 0.5) is 0 Å². The lowest BCUT2D eigenvalue weighted by Crippen LogP contribution is -2.05. The summed E-state index contributed by atoms with van der Waals surface area (Å²) in [5.41, 5.74) is 0.662. The summed E-state index contributed by atoms with van der Waals surface area (Å²) in [5.74, 6) is 0.412. The molecule has 7 heteroatoms. The highest BCUT2D eigenvalue weighted by molar-refractivity contribution is 6.36. The van der Waals surface area contributed by atoms with Gasteiger partial charge in [-0.2, -0.15) is 4.80 Å². The van der Waals surface area contributed by atoms with Gasteiger partial charge in [-0.1, -0.05) is 23.2 Å². The lowest BCUT2D eigenvalue weighted by Gasteiger charge is -1.98. The lowest BCUT2D eigenvalue weighted by molar-refractivity contribution is 0.259. The van der Waals surface area contributed by atoms with Gasteiger partial charge in [-0.05, 0) is 23.4 Å². The van der Waals surface area contributed by atoms with Crippen LogP contribution in [0.1, 0.15) is 0 Å². The highest BCUT2D eigenvalue weighted by atomic mass is 35.5. The van der Waals surface area contributed by atoms with Crippen molar-refractivity contribution in [2.45, 2.75) is 6.54 Å². The zero-order valence-electron chi connectivity index (χ0n) is 8.14. The second-order valence-electron chi connectivity index (χ2n) is 3.06. The monoisotopic (exact) mass is 258 g/mol. The number of rotatable bonds is 3. The van der Waals surface area contributed by atoms with E-state index in [-0.39, 0.29) is 6.61 Å². The molecule has 0 unspecified atom stereocenters. The third-order valence-corrected chi connectivity index (χ3v) is 2.47. The van der Waals surface area contributed by atoms with Crippen molar-refractivity contribution in [3.63, 3.8) is 0 Å². The first-order chi connectivity index (χ1) is 7.70. The Labute approximate surface area is 102 Å². The Morgan fingerprint density at radius 1 is 1.31 bits per heavy atom. The summed E-state index contributed by atoms with van der Waals surface area (Å²) in [7, 11) is 0. The molecule has 0 atom stereocenters. The first kappa shape index (κ1) is 11.3. The van der Waals surface area contributed by atoms with E-state index in [0.717, 1.165) is 0 Å². The summed E-state index contributed by atoms with van der Waals surface area (Å²) in [6.07, 6.45) is 0. The number of benzene rings is 1. The van der Waals surface area contributed by atoms with Gasteiger partial charge in [0.15, 0.2) is 0 Å². The number of aromatic nitrogens is 4. The normalized spacial score (nSPS) is 10.7. The molecule has 0 amide bonds. The minimum atomic E-state index is -0.0375. The molecule has 0 radical (unpaired) electrons. The largest absolute Gasteiger partial charge is 0.394 e. The van der Waals surface area contributed by atoms with Gasteiger partial charge in [-0.3, -0.25) is 0 Å². The van der Waals surface area contributed by atoms with Crippen molar-refractivity contribution in [2.75, 3.05) is 6.61 Å². The van der Waals surface area contributed by atoms with Crippen molar-refractivity contribution in [3.05, 3.63) is 28.2 Å². The van der Waals surface area contributed by atoms with E-state index < -0.39 is 0 Å². The van der Waals surface area contributed by atoms with Crippen LogP contribution in [0, 0.1) is 0 Å². The number of hydrogen-bond acceptors (Lipinski definition) is 4. The maximum absolute atomic E-state index is 8.72. The second-order valence-corrected chi connectivity index (χ2v) is 3.90. The Kier molecular flexibility index (Phi) is 3.38. The van der Waals surface area contributed by atoms with Crippen molar-refractivity contribution < 1.29 is 5.11 Å². The van der Waals surface area contributed by atoms with E-state index in [2.05, 4.69) is 15.4 Å². The number of hydrogen-bond donors (Lipinski definition) is 1. The Morgan fingerprint density at radius 2 is 2.12 bits per heavy atom. The summed E-state index contributed by atoms with van der Waals surface area (Å²) in [6, 6.07) is 5.05. The fourth-order valence-electron chi connectivity index (χ4n) is 1.21. The van der Waals surface area contributed by atoms with Crippen LogP contribution in [-0.2, 0) is 6.54 Å². The highest BCUT2D eigenvalue weighted by Gasteiger charge is 2.09. The Hall–Kier alpha value is -1.17. The van der Waals surface area contributed by atoms with Gasteiger partial charge in [0.2, 0.25) is 5.82 Å². The molecule has 0 bridgehead atoms. The van der Waals surface area contributed by atoms with Gasteiger partial charge < -0.3 is 5.11 Å². The molecule has 2 rings (SSSR count). The summed E-state index contributed by atoms with van der Waals surface area (Å²) in [5, 5.41) is 21.4. The molecular weight excluding hydrogens is 251 g/mol.